The highest BCUT2D eigenvalue weighted by Crippen LogP contribution is 2.18. The molecule has 0 fully saturated rings. The molecule has 0 saturated carbocycles. The molecule has 2 heterocycles. The van der Waals surface area contributed by atoms with Crippen molar-refractivity contribution >= 4 is 17.0 Å². The Kier molecular flexibility index (Phi) is 2.61. The average Bonchev–Trinajstić information content (AvgIpc) is 2.55. The predicted molar refractivity (Wildman–Crippen MR) is 63.9 cm³/mol. The molecule has 0 aromatic carbocycles. The summed E-state index contributed by atoms with van der Waals surface area (Å²) >= 11 is 0. The summed E-state index contributed by atoms with van der Waals surface area (Å²) < 4.78 is 6.53. The lowest BCUT2D eigenvalue weighted by Crippen LogP contribution is -2.27. The zero-order valence-electron chi connectivity index (χ0n) is 10.4. The standard InChI is InChI=1S/C12H15N3O2/c1-8-9-5-6-13-7-10(9)15(14-8)11(16)17-12(2,3)4/h5-7H,1-4H3. The first-order chi connectivity index (χ1) is 7.88. The van der Waals surface area contributed by atoms with Gasteiger partial charge in [-0.05, 0) is 33.8 Å². The maximum atomic E-state index is 11.9. The van der Waals surface area contributed by atoms with Gasteiger partial charge < -0.3 is 4.74 Å². The monoisotopic (exact) mass is 233 g/mol. The van der Waals surface area contributed by atoms with Crippen molar-refractivity contribution in [1.82, 2.24) is 14.8 Å². The molecule has 90 valence electrons. The van der Waals surface area contributed by atoms with Gasteiger partial charge in [-0.15, -0.1) is 0 Å². The molecule has 0 N–H and O–H groups in total. The third-order valence-electron chi connectivity index (χ3n) is 2.23. The number of hydrogen-bond acceptors (Lipinski definition) is 4. The zero-order valence-corrected chi connectivity index (χ0v) is 10.4. The average molecular weight is 233 g/mol. The van der Waals surface area contributed by atoms with E-state index in [0.29, 0.717) is 5.52 Å². The van der Waals surface area contributed by atoms with Crippen LogP contribution in [0.1, 0.15) is 26.5 Å². The molecular formula is C12H15N3O2. The van der Waals surface area contributed by atoms with Crippen LogP contribution in [0, 0.1) is 6.92 Å². The van der Waals surface area contributed by atoms with Gasteiger partial charge in [-0.3, -0.25) is 4.98 Å². The van der Waals surface area contributed by atoms with Crippen LogP contribution in [-0.2, 0) is 4.74 Å². The number of rotatable bonds is 0. The number of aromatic nitrogens is 3. The molecule has 0 atom stereocenters. The summed E-state index contributed by atoms with van der Waals surface area (Å²) in [5.41, 5.74) is 0.915. The fourth-order valence-corrected chi connectivity index (χ4v) is 1.56. The van der Waals surface area contributed by atoms with Crippen LogP contribution in [0.4, 0.5) is 4.79 Å². The molecule has 0 saturated heterocycles. The molecule has 2 aromatic rings. The Morgan fingerprint density at radius 2 is 2.12 bits per heavy atom. The fraction of sp³-hybridized carbons (Fsp3) is 0.417. The van der Waals surface area contributed by atoms with Crippen LogP contribution < -0.4 is 0 Å². The molecule has 0 radical (unpaired) electrons. The minimum atomic E-state index is -0.536. The van der Waals surface area contributed by atoms with E-state index >= 15 is 0 Å². The van der Waals surface area contributed by atoms with Gasteiger partial charge in [-0.2, -0.15) is 9.78 Å². The molecule has 0 bridgehead atoms. The summed E-state index contributed by atoms with van der Waals surface area (Å²) in [6, 6.07) is 1.83. The van der Waals surface area contributed by atoms with E-state index in [2.05, 4.69) is 10.1 Å². The lowest BCUT2D eigenvalue weighted by Gasteiger charge is -2.19. The molecule has 0 aliphatic carbocycles. The van der Waals surface area contributed by atoms with Gasteiger partial charge in [-0.25, -0.2) is 4.79 Å². The van der Waals surface area contributed by atoms with Crippen molar-refractivity contribution in [2.24, 2.45) is 0 Å². The van der Waals surface area contributed by atoms with Crippen LogP contribution in [0.15, 0.2) is 18.5 Å². The Hall–Kier alpha value is -1.91. The van der Waals surface area contributed by atoms with Crippen LogP contribution in [0.5, 0.6) is 0 Å². The summed E-state index contributed by atoms with van der Waals surface area (Å²) in [7, 11) is 0. The van der Waals surface area contributed by atoms with Crippen molar-refractivity contribution in [1.29, 1.82) is 0 Å². The van der Waals surface area contributed by atoms with Crippen molar-refractivity contribution in [2.75, 3.05) is 0 Å². The van der Waals surface area contributed by atoms with Crippen LogP contribution in [-0.4, -0.2) is 26.5 Å². The summed E-state index contributed by atoms with van der Waals surface area (Å²) in [5, 5.41) is 5.08. The number of aryl methyl sites for hydroxylation is 1. The van der Waals surface area contributed by atoms with Crippen LogP contribution in [0.2, 0.25) is 0 Å². The fourth-order valence-electron chi connectivity index (χ4n) is 1.56. The summed E-state index contributed by atoms with van der Waals surface area (Å²) in [5.74, 6) is 0. The number of fused-ring (bicyclic) bond motifs is 1. The Morgan fingerprint density at radius 1 is 1.41 bits per heavy atom. The molecule has 5 heteroatoms. The van der Waals surface area contributed by atoms with Gasteiger partial charge in [0.25, 0.3) is 0 Å². The SMILES string of the molecule is Cc1nn(C(=O)OC(C)(C)C)c2cnccc12. The first-order valence-corrected chi connectivity index (χ1v) is 5.41. The van der Waals surface area contributed by atoms with Crippen molar-refractivity contribution in [2.45, 2.75) is 33.3 Å². The smallest absolute Gasteiger partial charge is 0.435 e. The largest absolute Gasteiger partial charge is 0.442 e. The maximum absolute atomic E-state index is 11.9. The minimum Gasteiger partial charge on any atom is -0.442 e. The van der Waals surface area contributed by atoms with Crippen LogP contribution >= 0.6 is 0 Å². The van der Waals surface area contributed by atoms with Gasteiger partial charge in [0.05, 0.1) is 17.4 Å². The maximum Gasteiger partial charge on any atom is 0.435 e. The lowest BCUT2D eigenvalue weighted by atomic mass is 10.2. The van der Waals surface area contributed by atoms with Gasteiger partial charge in [0.2, 0.25) is 0 Å². The molecular weight excluding hydrogens is 218 g/mol. The van der Waals surface area contributed by atoms with Crippen molar-refractivity contribution in [3.63, 3.8) is 0 Å². The van der Waals surface area contributed by atoms with Crippen molar-refractivity contribution in [3.05, 3.63) is 24.2 Å². The molecule has 5 nitrogen and oxygen atoms in total. The van der Waals surface area contributed by atoms with E-state index in [1.807, 2.05) is 33.8 Å². The molecule has 0 amide bonds. The van der Waals surface area contributed by atoms with Crippen LogP contribution in [0.25, 0.3) is 10.9 Å². The number of carbonyl (C=O) groups is 1. The molecule has 2 rings (SSSR count). The van der Waals surface area contributed by atoms with Gasteiger partial charge >= 0.3 is 6.09 Å². The lowest BCUT2D eigenvalue weighted by molar-refractivity contribution is 0.0522. The molecule has 0 aliphatic heterocycles. The first-order valence-electron chi connectivity index (χ1n) is 5.41. The number of nitrogens with zero attached hydrogens (tertiary/aromatic N) is 3. The minimum absolute atomic E-state index is 0.483. The summed E-state index contributed by atoms with van der Waals surface area (Å²) in [6.45, 7) is 7.31. The highest BCUT2D eigenvalue weighted by molar-refractivity contribution is 5.88. The van der Waals surface area contributed by atoms with E-state index in [0.717, 1.165) is 11.1 Å². The topological polar surface area (TPSA) is 57.0 Å². The quantitative estimate of drug-likeness (QED) is 0.701. The van der Waals surface area contributed by atoms with Crippen molar-refractivity contribution < 1.29 is 9.53 Å². The third-order valence-corrected chi connectivity index (χ3v) is 2.23. The Bertz CT molecular complexity index is 567. The molecule has 0 aliphatic rings. The number of ether oxygens (including phenoxy) is 1. The van der Waals surface area contributed by atoms with E-state index < -0.39 is 11.7 Å². The second-order valence-electron chi connectivity index (χ2n) is 4.87. The second-order valence-corrected chi connectivity index (χ2v) is 4.87. The summed E-state index contributed by atoms with van der Waals surface area (Å²) in [4.78, 5) is 15.9. The molecule has 17 heavy (non-hydrogen) atoms. The van der Waals surface area contributed by atoms with Crippen LogP contribution in [0.3, 0.4) is 0 Å². The zero-order chi connectivity index (χ0) is 12.6. The molecule has 0 spiro atoms. The Morgan fingerprint density at radius 3 is 2.76 bits per heavy atom. The van der Waals surface area contributed by atoms with E-state index in [4.69, 9.17) is 4.74 Å². The normalized spacial score (nSPS) is 11.8. The van der Waals surface area contributed by atoms with Gasteiger partial charge in [0, 0.05) is 11.6 Å². The number of hydrogen-bond donors (Lipinski definition) is 0. The molecule has 0 unspecified atom stereocenters. The number of pyridine rings is 1. The van der Waals surface area contributed by atoms with E-state index in [-0.39, 0.29) is 0 Å². The highest BCUT2D eigenvalue weighted by atomic mass is 16.6. The van der Waals surface area contributed by atoms with E-state index in [1.165, 1.54) is 4.68 Å². The Balaban J connectivity index is 2.46. The van der Waals surface area contributed by atoms with E-state index in [1.54, 1.807) is 12.4 Å². The second kappa shape index (κ2) is 3.84. The predicted octanol–water partition coefficient (Wildman–Crippen LogP) is 2.52. The summed E-state index contributed by atoms with van der Waals surface area (Å²) in [6.07, 6.45) is 2.80. The Labute approximate surface area is 99.4 Å². The van der Waals surface area contributed by atoms with Gasteiger partial charge in [-0.1, -0.05) is 0 Å². The number of carbonyl (C=O) groups excluding carboxylic acids is 1. The van der Waals surface area contributed by atoms with Crippen molar-refractivity contribution in [3.8, 4) is 0 Å². The first kappa shape index (κ1) is 11.6. The van der Waals surface area contributed by atoms with Gasteiger partial charge in [0.15, 0.2) is 0 Å². The van der Waals surface area contributed by atoms with Gasteiger partial charge in [0.1, 0.15) is 5.60 Å². The third kappa shape index (κ3) is 2.27. The van der Waals surface area contributed by atoms with E-state index in [9.17, 15) is 4.79 Å². The molecule has 2 aromatic heterocycles. The highest BCUT2D eigenvalue weighted by Gasteiger charge is 2.20.